The monoisotopic (exact) mass is 799 g/mol. The smallest absolute Gasteiger partial charge is 0.450 e. The lowest BCUT2D eigenvalue weighted by molar-refractivity contribution is -0.0606. The van der Waals surface area contributed by atoms with E-state index in [1.807, 2.05) is 0 Å². The Labute approximate surface area is 314 Å². The number of carbonyl (C=O) groups is 2. The molecule has 2 aliphatic heterocycles. The van der Waals surface area contributed by atoms with Crippen molar-refractivity contribution in [3.05, 3.63) is 95.0 Å². The molecule has 0 spiro atoms. The second-order valence-electron chi connectivity index (χ2n) is 12.1. The van der Waals surface area contributed by atoms with E-state index in [1.54, 1.807) is 30.3 Å². The summed E-state index contributed by atoms with van der Waals surface area (Å²) in [5.41, 5.74) is 0.244. The molecular weight excluding hydrogens is 768 g/mol. The first-order valence-electron chi connectivity index (χ1n) is 16.5. The van der Waals surface area contributed by atoms with E-state index in [-0.39, 0.29) is 54.5 Å². The summed E-state index contributed by atoms with van der Waals surface area (Å²) in [6.07, 6.45) is -4.30. The predicted molar refractivity (Wildman–Crippen MR) is 189 cm³/mol. The number of fused-ring (bicyclic) bond motifs is 2. The lowest BCUT2D eigenvalue weighted by atomic mass is 10.1. The van der Waals surface area contributed by atoms with Gasteiger partial charge in [0, 0.05) is 36.6 Å². The molecule has 20 nitrogen and oxygen atoms in total. The molecule has 288 valence electrons. The number of aromatic nitrogens is 7. The van der Waals surface area contributed by atoms with Gasteiger partial charge in [0.05, 0.1) is 25.6 Å². The highest BCUT2D eigenvalue weighted by molar-refractivity contribution is 8.07. The highest BCUT2D eigenvalue weighted by Crippen LogP contribution is 2.54. The number of aliphatic hydroxyl groups excluding tert-OH is 1. The summed E-state index contributed by atoms with van der Waals surface area (Å²) in [7, 11) is 0. The van der Waals surface area contributed by atoms with Gasteiger partial charge in [-0.05, 0) is 23.9 Å². The molecule has 2 saturated heterocycles. The van der Waals surface area contributed by atoms with Crippen LogP contribution in [0.5, 0.6) is 0 Å². The fourth-order valence-corrected chi connectivity index (χ4v) is 8.27. The standard InChI is InChI=1S/C32H31FN9O11PS/c1-34-9-12-48-54(55,49-15-19-13-20(52-32(46)47)29(50-19)41-10-7-22(44)40-11-8-35-31(40)41)53-25-21(14-43)51-30(23(25)33)42-17-38-24-26(36-16-37-27(24)42)39-28(45)18-5-3-2-4-6-18/h2-8,10-11,16-17,19-21,23,25,29-30,43H,9,12-15H2,(H,46,47)(H,36,37,39,45)/t19-,20+,21+,23-,25+,29+,30+,54?/m0/s1. The molecule has 3 N–H and O–H groups in total. The molecule has 1 amide bonds. The van der Waals surface area contributed by atoms with Crippen molar-refractivity contribution in [2.75, 3.05) is 31.7 Å². The van der Waals surface area contributed by atoms with Crippen molar-refractivity contribution in [3.8, 4) is 0 Å². The lowest BCUT2D eigenvalue weighted by Gasteiger charge is -2.28. The zero-order valence-electron chi connectivity index (χ0n) is 28.3. The molecule has 55 heavy (non-hydrogen) atoms. The first kappa shape index (κ1) is 38.1. The maximum absolute atomic E-state index is 16.5. The Bertz CT molecular complexity index is 2340. The molecular formula is C32H31FN9O11PS. The molecule has 2 aliphatic rings. The first-order chi connectivity index (χ1) is 26.6. The number of alkyl halides is 1. The van der Waals surface area contributed by atoms with Crippen molar-refractivity contribution in [2.45, 2.75) is 49.5 Å². The molecule has 23 heteroatoms. The third-order valence-corrected chi connectivity index (χ3v) is 11.0. The number of rotatable bonds is 14. The molecule has 0 radical (unpaired) electrons. The summed E-state index contributed by atoms with van der Waals surface area (Å²) in [6.45, 7) is 1.76. The van der Waals surface area contributed by atoms with Crippen LogP contribution in [-0.4, -0.2) is 113 Å². The van der Waals surface area contributed by atoms with Crippen molar-refractivity contribution < 1.29 is 52.0 Å². The number of imidazole rings is 2. The predicted octanol–water partition coefficient (Wildman–Crippen LogP) is 2.73. The number of hydrogen-bond donors (Lipinski definition) is 3. The van der Waals surface area contributed by atoms with Gasteiger partial charge in [0.25, 0.3) is 11.5 Å². The number of halogens is 1. The second-order valence-corrected chi connectivity index (χ2v) is 15.0. The second kappa shape index (κ2) is 16.2. The van der Waals surface area contributed by atoms with Crippen molar-refractivity contribution in [1.82, 2.24) is 33.5 Å². The summed E-state index contributed by atoms with van der Waals surface area (Å²) >= 11 is 5.67. The van der Waals surface area contributed by atoms with Crippen LogP contribution in [0, 0.1) is 6.57 Å². The SMILES string of the molecule is [C-]#[N+]CCOP(=S)(OC[C@@H]1C[C@@H](OC(=O)O)[C@H](n2ccc(=O)n3ccnc23)O1)O[C@H]1[C@H](F)[C@H](n2cnc3c(NC(=O)c4ccccc4)ncnc32)O[C@@H]1CO. The Morgan fingerprint density at radius 1 is 1.09 bits per heavy atom. The maximum atomic E-state index is 16.5. The molecule has 7 rings (SSSR count). The Morgan fingerprint density at radius 3 is 2.67 bits per heavy atom. The molecule has 0 saturated carbocycles. The molecule has 2 fully saturated rings. The van der Waals surface area contributed by atoms with Gasteiger partial charge < -0.3 is 43.6 Å². The summed E-state index contributed by atoms with van der Waals surface area (Å²) in [5, 5.41) is 22.3. The molecule has 1 unspecified atom stereocenters. The minimum Gasteiger partial charge on any atom is -0.450 e. The van der Waals surface area contributed by atoms with E-state index in [9.17, 15) is 24.6 Å². The van der Waals surface area contributed by atoms with E-state index in [4.69, 9.17) is 46.2 Å². The summed E-state index contributed by atoms with van der Waals surface area (Å²) in [5.74, 6) is -0.222. The third kappa shape index (κ3) is 7.96. The van der Waals surface area contributed by atoms with Crippen molar-refractivity contribution in [3.63, 3.8) is 0 Å². The minimum atomic E-state index is -3.96. The van der Waals surface area contributed by atoms with E-state index in [0.717, 1.165) is 6.33 Å². The van der Waals surface area contributed by atoms with Crippen LogP contribution in [0.25, 0.3) is 21.8 Å². The molecule has 4 aromatic heterocycles. The van der Waals surface area contributed by atoms with Crippen LogP contribution < -0.4 is 10.9 Å². The fourth-order valence-electron chi connectivity index (χ4n) is 6.16. The largest absolute Gasteiger partial charge is 0.506 e. The van der Waals surface area contributed by atoms with Gasteiger partial charge in [0.1, 0.15) is 25.1 Å². The number of ether oxygens (including phenoxy) is 3. The fraction of sp³-hybridized carbons (Fsp3) is 0.375. The number of amides is 1. The highest BCUT2D eigenvalue weighted by atomic mass is 32.5. The van der Waals surface area contributed by atoms with Crippen molar-refractivity contribution in [2.24, 2.45) is 0 Å². The molecule has 5 aromatic rings. The highest BCUT2D eigenvalue weighted by Gasteiger charge is 2.50. The van der Waals surface area contributed by atoms with Crippen LogP contribution >= 0.6 is 6.72 Å². The van der Waals surface area contributed by atoms with E-state index >= 15 is 4.39 Å². The zero-order chi connectivity index (χ0) is 38.7. The normalized spacial score (nSPS) is 24.8. The summed E-state index contributed by atoms with van der Waals surface area (Å²) in [6, 6.07) is 9.66. The Morgan fingerprint density at radius 2 is 1.91 bits per heavy atom. The van der Waals surface area contributed by atoms with Crippen molar-refractivity contribution in [1.29, 1.82) is 0 Å². The van der Waals surface area contributed by atoms with Crippen molar-refractivity contribution >= 4 is 53.3 Å². The van der Waals surface area contributed by atoms with E-state index in [2.05, 4.69) is 30.1 Å². The molecule has 0 bridgehead atoms. The summed E-state index contributed by atoms with van der Waals surface area (Å²) < 4.78 is 55.2. The summed E-state index contributed by atoms with van der Waals surface area (Å²) in [4.78, 5) is 56.7. The quantitative estimate of drug-likeness (QED) is 0.0635. The number of anilines is 1. The number of benzene rings is 1. The lowest BCUT2D eigenvalue weighted by Crippen LogP contribution is -2.34. The molecule has 6 heterocycles. The number of hydrogen-bond acceptors (Lipinski definition) is 15. The Balaban J connectivity index is 1.09. The number of nitrogens with zero attached hydrogens (tertiary/aromatic N) is 8. The van der Waals surface area contributed by atoms with E-state index in [0.29, 0.717) is 5.56 Å². The number of aliphatic hydroxyl groups is 1. The van der Waals surface area contributed by atoms with E-state index in [1.165, 1.54) is 44.5 Å². The van der Waals surface area contributed by atoms with Gasteiger partial charge in [-0.15, -0.1) is 0 Å². The van der Waals surface area contributed by atoms with Crippen LogP contribution in [0.1, 0.15) is 29.2 Å². The van der Waals surface area contributed by atoms with Gasteiger partial charge in [-0.2, -0.15) is 0 Å². The van der Waals surface area contributed by atoms with Gasteiger partial charge in [-0.3, -0.25) is 27.6 Å². The molecule has 0 aliphatic carbocycles. The van der Waals surface area contributed by atoms with Gasteiger partial charge >= 0.3 is 12.9 Å². The van der Waals surface area contributed by atoms with Crippen LogP contribution in [-0.2, 0) is 39.6 Å². The topological polar surface area (TPSA) is 229 Å². The van der Waals surface area contributed by atoms with Gasteiger partial charge in [-0.1, -0.05) is 18.2 Å². The maximum Gasteiger partial charge on any atom is 0.506 e. The zero-order valence-corrected chi connectivity index (χ0v) is 30.0. The molecule has 1 aromatic carbocycles. The number of carboxylic acid groups (broad SMARTS) is 1. The molecule has 8 atom stereocenters. The number of nitrogens with one attached hydrogen (secondary N) is 1. The van der Waals surface area contributed by atoms with Crippen LogP contribution in [0.4, 0.5) is 15.0 Å². The minimum absolute atomic E-state index is 0.0314. The Hall–Kier alpha value is -5.24. The first-order valence-corrected chi connectivity index (χ1v) is 19.1. The van der Waals surface area contributed by atoms with E-state index < -0.39 is 68.4 Å². The average molecular weight is 800 g/mol. The van der Waals surface area contributed by atoms with Gasteiger partial charge in [0.2, 0.25) is 12.3 Å². The van der Waals surface area contributed by atoms with Gasteiger partial charge in [-0.25, -0.2) is 35.7 Å². The van der Waals surface area contributed by atoms with Crippen LogP contribution in [0.2, 0.25) is 0 Å². The average Bonchev–Trinajstić information content (AvgIpc) is 3.98. The Kier molecular flexibility index (Phi) is 11.2. The van der Waals surface area contributed by atoms with Crippen LogP contribution in [0.3, 0.4) is 0 Å². The number of carbonyl (C=O) groups excluding carboxylic acids is 1. The van der Waals surface area contributed by atoms with Crippen LogP contribution in [0.15, 0.2) is 72.4 Å². The third-order valence-electron chi connectivity index (χ3n) is 8.61. The van der Waals surface area contributed by atoms with Gasteiger partial charge in [0.15, 0.2) is 41.7 Å².